The highest BCUT2D eigenvalue weighted by Crippen LogP contribution is 2.45. The van der Waals surface area contributed by atoms with Gasteiger partial charge in [-0.15, -0.1) is 0 Å². The number of carbonyl (C=O) groups is 1. The average molecular weight is 266 g/mol. The number of nitrogens with one attached hydrogen (secondary N) is 1. The molecule has 110 valence electrons. The largest absolute Gasteiger partial charge is 0.354 e. The van der Waals surface area contributed by atoms with Gasteiger partial charge in [0.25, 0.3) is 0 Å². The van der Waals surface area contributed by atoms with Gasteiger partial charge < -0.3 is 5.32 Å². The monoisotopic (exact) mass is 266 g/mol. The molecule has 0 radical (unpaired) electrons. The molecule has 3 heteroatoms. The Bertz CT molecular complexity index is 355. The zero-order valence-electron chi connectivity index (χ0n) is 13.4. The van der Waals surface area contributed by atoms with Gasteiger partial charge in [0.05, 0.1) is 5.41 Å². The number of hydrogen-bond acceptors (Lipinski definition) is 2. The van der Waals surface area contributed by atoms with E-state index in [1.807, 2.05) is 0 Å². The van der Waals surface area contributed by atoms with Gasteiger partial charge in [-0.05, 0) is 52.4 Å². The smallest absolute Gasteiger partial charge is 0.228 e. The molecule has 2 aliphatic heterocycles. The molecule has 2 rings (SSSR count). The minimum atomic E-state index is -0.0784. The molecule has 0 aromatic carbocycles. The average Bonchev–Trinajstić information content (AvgIpc) is 2.31. The van der Waals surface area contributed by atoms with Crippen LogP contribution < -0.4 is 5.32 Å². The Hall–Kier alpha value is -0.570. The van der Waals surface area contributed by atoms with E-state index in [4.69, 9.17) is 0 Å². The van der Waals surface area contributed by atoms with Crippen LogP contribution in [-0.4, -0.2) is 35.5 Å². The second-order valence-electron chi connectivity index (χ2n) is 7.29. The molecular formula is C16H30N2O. The zero-order chi connectivity index (χ0) is 14.4. The molecular weight excluding hydrogens is 236 g/mol. The van der Waals surface area contributed by atoms with Gasteiger partial charge in [-0.3, -0.25) is 9.69 Å². The minimum absolute atomic E-state index is 0.0784. The van der Waals surface area contributed by atoms with Crippen LogP contribution in [0, 0.1) is 17.3 Å². The summed E-state index contributed by atoms with van der Waals surface area (Å²) in [4.78, 5) is 14.8. The van der Waals surface area contributed by atoms with Crippen molar-refractivity contribution in [3.8, 4) is 0 Å². The Morgan fingerprint density at radius 1 is 1.26 bits per heavy atom. The molecule has 2 aliphatic rings. The van der Waals surface area contributed by atoms with Gasteiger partial charge in [0.1, 0.15) is 0 Å². The molecule has 0 bridgehead atoms. The van der Waals surface area contributed by atoms with Crippen LogP contribution in [0.2, 0.25) is 0 Å². The maximum Gasteiger partial charge on any atom is 0.228 e. The lowest BCUT2D eigenvalue weighted by Gasteiger charge is -2.53. The van der Waals surface area contributed by atoms with Gasteiger partial charge in [-0.1, -0.05) is 13.8 Å². The van der Waals surface area contributed by atoms with E-state index in [2.05, 4.69) is 51.8 Å². The molecule has 1 spiro atoms. The van der Waals surface area contributed by atoms with Crippen molar-refractivity contribution in [3.05, 3.63) is 0 Å². The molecule has 5 atom stereocenters. The molecule has 19 heavy (non-hydrogen) atoms. The van der Waals surface area contributed by atoms with E-state index in [-0.39, 0.29) is 5.41 Å². The van der Waals surface area contributed by atoms with Crippen LogP contribution in [0.5, 0.6) is 0 Å². The summed E-state index contributed by atoms with van der Waals surface area (Å²) >= 11 is 0. The van der Waals surface area contributed by atoms with Crippen molar-refractivity contribution in [1.82, 2.24) is 10.2 Å². The molecule has 1 amide bonds. The van der Waals surface area contributed by atoms with Crippen LogP contribution in [-0.2, 0) is 4.79 Å². The van der Waals surface area contributed by atoms with Gasteiger partial charge >= 0.3 is 0 Å². The van der Waals surface area contributed by atoms with Gasteiger partial charge in [0.15, 0.2) is 0 Å². The van der Waals surface area contributed by atoms with Crippen molar-refractivity contribution >= 4 is 5.91 Å². The molecule has 2 fully saturated rings. The third kappa shape index (κ3) is 2.31. The molecule has 2 heterocycles. The van der Waals surface area contributed by atoms with Crippen molar-refractivity contribution in [1.29, 1.82) is 0 Å². The van der Waals surface area contributed by atoms with Crippen molar-refractivity contribution < 1.29 is 4.79 Å². The molecule has 0 saturated carbocycles. The lowest BCUT2D eigenvalue weighted by Crippen LogP contribution is -2.65. The van der Waals surface area contributed by atoms with Crippen LogP contribution in [0.3, 0.4) is 0 Å². The molecule has 0 aromatic rings. The SMILES string of the molecule is CC1CC2(CNC2=O)C(C)CC(C)N(C(C)C)C1C. The molecule has 1 N–H and O–H groups in total. The number of likely N-dealkylation sites (tertiary alicyclic amines) is 1. The van der Waals surface area contributed by atoms with Gasteiger partial charge in [0, 0.05) is 24.7 Å². The highest BCUT2D eigenvalue weighted by atomic mass is 16.2. The topological polar surface area (TPSA) is 32.3 Å². The maximum absolute atomic E-state index is 12.1. The third-order valence-electron chi connectivity index (χ3n) is 5.74. The number of amides is 1. The Morgan fingerprint density at radius 2 is 1.89 bits per heavy atom. The number of carbonyl (C=O) groups excluding carboxylic acids is 1. The quantitative estimate of drug-likeness (QED) is 0.740. The molecule has 2 saturated heterocycles. The van der Waals surface area contributed by atoms with Crippen molar-refractivity contribution in [2.24, 2.45) is 17.3 Å². The third-order valence-corrected chi connectivity index (χ3v) is 5.74. The Labute approximate surface area is 118 Å². The highest BCUT2D eigenvalue weighted by Gasteiger charge is 2.53. The summed E-state index contributed by atoms with van der Waals surface area (Å²) in [5, 5.41) is 2.98. The Morgan fingerprint density at radius 3 is 2.32 bits per heavy atom. The number of rotatable bonds is 1. The van der Waals surface area contributed by atoms with Gasteiger partial charge in [-0.25, -0.2) is 0 Å². The first-order valence-corrected chi connectivity index (χ1v) is 7.85. The maximum atomic E-state index is 12.1. The first kappa shape index (κ1) is 14.8. The summed E-state index contributed by atoms with van der Waals surface area (Å²) in [6.07, 6.45) is 2.17. The lowest BCUT2D eigenvalue weighted by molar-refractivity contribution is -0.149. The van der Waals surface area contributed by atoms with Gasteiger partial charge in [-0.2, -0.15) is 0 Å². The van der Waals surface area contributed by atoms with Crippen LogP contribution in [0.15, 0.2) is 0 Å². The van der Waals surface area contributed by atoms with E-state index >= 15 is 0 Å². The molecule has 3 nitrogen and oxygen atoms in total. The van der Waals surface area contributed by atoms with Crippen molar-refractivity contribution in [2.75, 3.05) is 6.54 Å². The first-order valence-electron chi connectivity index (χ1n) is 7.85. The second-order valence-corrected chi connectivity index (χ2v) is 7.29. The highest BCUT2D eigenvalue weighted by molar-refractivity contribution is 5.89. The summed E-state index contributed by atoms with van der Waals surface area (Å²) in [6.45, 7) is 14.7. The van der Waals surface area contributed by atoms with Crippen molar-refractivity contribution in [3.63, 3.8) is 0 Å². The Kier molecular flexibility index (Phi) is 3.97. The molecule has 5 unspecified atom stereocenters. The van der Waals surface area contributed by atoms with E-state index in [1.54, 1.807) is 0 Å². The van der Waals surface area contributed by atoms with E-state index in [0.29, 0.717) is 35.9 Å². The predicted molar refractivity (Wildman–Crippen MR) is 78.9 cm³/mol. The van der Waals surface area contributed by atoms with Crippen LogP contribution in [0.1, 0.15) is 54.4 Å². The van der Waals surface area contributed by atoms with E-state index in [1.165, 1.54) is 0 Å². The lowest BCUT2D eigenvalue weighted by atomic mass is 9.62. The summed E-state index contributed by atoms with van der Waals surface area (Å²) in [7, 11) is 0. The second kappa shape index (κ2) is 5.08. The number of nitrogens with zero attached hydrogens (tertiary/aromatic N) is 1. The van der Waals surface area contributed by atoms with Crippen LogP contribution >= 0.6 is 0 Å². The fraction of sp³-hybridized carbons (Fsp3) is 0.938. The molecule has 0 aromatic heterocycles. The predicted octanol–water partition coefficient (Wildman–Crippen LogP) is 2.66. The number of β-lactam (4-membered cyclic amide) rings is 1. The summed E-state index contributed by atoms with van der Waals surface area (Å²) in [5.41, 5.74) is -0.0784. The fourth-order valence-corrected chi connectivity index (χ4v) is 4.43. The Balaban J connectivity index is 2.26. The number of hydrogen-bond donors (Lipinski definition) is 1. The molecule has 0 aliphatic carbocycles. The van der Waals surface area contributed by atoms with Crippen molar-refractivity contribution in [2.45, 2.75) is 72.5 Å². The van der Waals surface area contributed by atoms with E-state index < -0.39 is 0 Å². The minimum Gasteiger partial charge on any atom is -0.354 e. The fourth-order valence-electron chi connectivity index (χ4n) is 4.43. The first-order chi connectivity index (χ1) is 8.79. The summed E-state index contributed by atoms with van der Waals surface area (Å²) in [5.74, 6) is 1.34. The standard InChI is InChI=1S/C16H30N2O/c1-10(2)18-13(5)7-12(4)16(9-17-15(16)19)8-11(3)14(18)6/h10-14H,7-9H2,1-6H3,(H,17,19). The van der Waals surface area contributed by atoms with Crippen LogP contribution in [0.4, 0.5) is 0 Å². The summed E-state index contributed by atoms with van der Waals surface area (Å²) in [6, 6.07) is 1.68. The normalized spacial score (nSPS) is 44.7. The van der Waals surface area contributed by atoms with E-state index in [9.17, 15) is 4.79 Å². The summed E-state index contributed by atoms with van der Waals surface area (Å²) < 4.78 is 0. The van der Waals surface area contributed by atoms with E-state index in [0.717, 1.165) is 19.4 Å². The van der Waals surface area contributed by atoms with Gasteiger partial charge in [0.2, 0.25) is 5.91 Å². The zero-order valence-corrected chi connectivity index (χ0v) is 13.4. The van der Waals surface area contributed by atoms with Crippen LogP contribution in [0.25, 0.3) is 0 Å².